The highest BCUT2D eigenvalue weighted by Gasteiger charge is 2.25. The highest BCUT2D eigenvalue weighted by Crippen LogP contribution is 2.26. The Bertz CT molecular complexity index is 612. The number of benzene rings is 1. The second-order valence-corrected chi connectivity index (χ2v) is 7.35. The van der Waals surface area contributed by atoms with Crippen LogP contribution in [0.2, 0.25) is 0 Å². The molecule has 0 aromatic heterocycles. The fraction of sp³-hybridized carbons (Fsp3) is 0.667. The third-order valence-corrected chi connectivity index (χ3v) is 5.66. The van der Waals surface area contributed by atoms with Crippen LogP contribution in [0.3, 0.4) is 0 Å². The van der Waals surface area contributed by atoms with Gasteiger partial charge in [0.2, 0.25) is 0 Å². The zero-order chi connectivity index (χ0) is 18.4. The van der Waals surface area contributed by atoms with Crippen LogP contribution in [-0.4, -0.2) is 68.7 Å². The van der Waals surface area contributed by atoms with E-state index in [1.165, 1.54) is 24.1 Å². The maximum Gasteiger partial charge on any atom is 0.193 e. The quantitative estimate of drug-likeness (QED) is 0.600. The Morgan fingerprint density at radius 3 is 2.96 bits per heavy atom. The van der Waals surface area contributed by atoms with Gasteiger partial charge in [0.05, 0.1) is 6.61 Å². The Morgan fingerprint density at radius 1 is 1.35 bits per heavy atom. The van der Waals surface area contributed by atoms with Crippen molar-refractivity contribution >= 4 is 5.96 Å². The van der Waals surface area contributed by atoms with Crippen molar-refractivity contribution in [2.24, 2.45) is 10.9 Å². The molecule has 3 rings (SSSR count). The van der Waals surface area contributed by atoms with Crippen LogP contribution in [0.5, 0.6) is 5.75 Å². The Hall–Kier alpha value is -1.75. The van der Waals surface area contributed by atoms with Crippen LogP contribution >= 0.6 is 0 Å². The zero-order valence-electron chi connectivity index (χ0n) is 16.6. The van der Waals surface area contributed by atoms with Crippen molar-refractivity contribution in [3.8, 4) is 5.75 Å². The molecule has 1 N–H and O–H groups in total. The molecule has 2 aliphatic heterocycles. The number of aliphatic imine (C=N–C) groups is 1. The molecule has 1 unspecified atom stereocenters. The second kappa shape index (κ2) is 9.26. The Labute approximate surface area is 158 Å². The standard InChI is InChI=1S/C21H34N4O/c1-4-24(5-2)15-18-9-12-25(16-18)21(22-3)23-11-8-17-6-7-20-19(14-17)10-13-26-20/h6-7,14,18H,4-5,8-13,15-16H2,1-3H3,(H,22,23). The summed E-state index contributed by atoms with van der Waals surface area (Å²) >= 11 is 0. The minimum absolute atomic E-state index is 0.755. The van der Waals surface area contributed by atoms with Gasteiger partial charge in [-0.3, -0.25) is 4.99 Å². The van der Waals surface area contributed by atoms with E-state index in [-0.39, 0.29) is 0 Å². The smallest absolute Gasteiger partial charge is 0.193 e. The maximum absolute atomic E-state index is 5.59. The summed E-state index contributed by atoms with van der Waals surface area (Å²) in [6.07, 6.45) is 3.32. The lowest BCUT2D eigenvalue weighted by molar-refractivity contribution is 0.255. The lowest BCUT2D eigenvalue weighted by Crippen LogP contribution is -2.41. The van der Waals surface area contributed by atoms with Crippen LogP contribution in [0.25, 0.3) is 0 Å². The van der Waals surface area contributed by atoms with Gasteiger partial charge in [0.1, 0.15) is 5.75 Å². The summed E-state index contributed by atoms with van der Waals surface area (Å²) in [4.78, 5) is 9.46. The van der Waals surface area contributed by atoms with E-state index in [4.69, 9.17) is 4.74 Å². The van der Waals surface area contributed by atoms with Gasteiger partial charge < -0.3 is 19.9 Å². The molecule has 1 fully saturated rings. The Morgan fingerprint density at radius 2 is 2.19 bits per heavy atom. The van der Waals surface area contributed by atoms with Gasteiger partial charge in [0.25, 0.3) is 0 Å². The fourth-order valence-corrected chi connectivity index (χ4v) is 4.07. The first-order chi connectivity index (χ1) is 12.7. The van der Waals surface area contributed by atoms with Crippen LogP contribution in [0.1, 0.15) is 31.4 Å². The molecule has 0 bridgehead atoms. The number of guanidine groups is 1. The molecule has 0 radical (unpaired) electrons. The number of nitrogens with one attached hydrogen (secondary N) is 1. The van der Waals surface area contributed by atoms with E-state index in [0.717, 1.165) is 69.8 Å². The van der Waals surface area contributed by atoms with Gasteiger partial charge in [0, 0.05) is 39.6 Å². The van der Waals surface area contributed by atoms with Gasteiger partial charge in [-0.1, -0.05) is 26.0 Å². The van der Waals surface area contributed by atoms with Gasteiger partial charge in [0.15, 0.2) is 5.96 Å². The average molecular weight is 359 g/mol. The SMILES string of the molecule is CCN(CC)CC1CCN(C(=NC)NCCc2ccc3c(c2)CCO3)C1. The van der Waals surface area contributed by atoms with E-state index in [9.17, 15) is 0 Å². The van der Waals surface area contributed by atoms with Crippen molar-refractivity contribution in [1.82, 2.24) is 15.1 Å². The number of rotatable bonds is 7. The van der Waals surface area contributed by atoms with Gasteiger partial charge in [-0.05, 0) is 49.0 Å². The van der Waals surface area contributed by atoms with Gasteiger partial charge in [-0.2, -0.15) is 0 Å². The second-order valence-electron chi connectivity index (χ2n) is 7.35. The summed E-state index contributed by atoms with van der Waals surface area (Å²) in [5.74, 6) is 2.87. The lowest BCUT2D eigenvalue weighted by atomic mass is 10.1. The number of hydrogen-bond acceptors (Lipinski definition) is 3. The minimum atomic E-state index is 0.755. The normalized spacial score (nSPS) is 19.8. The van der Waals surface area contributed by atoms with E-state index >= 15 is 0 Å². The molecule has 0 aliphatic carbocycles. The van der Waals surface area contributed by atoms with E-state index < -0.39 is 0 Å². The molecule has 1 saturated heterocycles. The van der Waals surface area contributed by atoms with Crippen molar-refractivity contribution in [2.75, 3.05) is 52.9 Å². The van der Waals surface area contributed by atoms with Crippen molar-refractivity contribution in [2.45, 2.75) is 33.1 Å². The molecular formula is C21H34N4O. The van der Waals surface area contributed by atoms with Crippen LogP contribution in [0.15, 0.2) is 23.2 Å². The van der Waals surface area contributed by atoms with Gasteiger partial charge in [-0.15, -0.1) is 0 Å². The third kappa shape index (κ3) is 4.70. The van der Waals surface area contributed by atoms with Crippen LogP contribution in [-0.2, 0) is 12.8 Å². The van der Waals surface area contributed by atoms with Crippen molar-refractivity contribution in [3.63, 3.8) is 0 Å². The first-order valence-electron chi connectivity index (χ1n) is 10.2. The monoisotopic (exact) mass is 358 g/mol. The van der Waals surface area contributed by atoms with E-state index in [1.54, 1.807) is 0 Å². The van der Waals surface area contributed by atoms with E-state index in [0.29, 0.717) is 0 Å². The molecule has 5 heteroatoms. The maximum atomic E-state index is 5.59. The van der Waals surface area contributed by atoms with Crippen LogP contribution in [0, 0.1) is 5.92 Å². The summed E-state index contributed by atoms with van der Waals surface area (Å²) in [5.41, 5.74) is 2.73. The third-order valence-electron chi connectivity index (χ3n) is 5.66. The molecule has 1 aromatic carbocycles. The molecule has 0 spiro atoms. The van der Waals surface area contributed by atoms with Crippen LogP contribution < -0.4 is 10.1 Å². The molecule has 5 nitrogen and oxygen atoms in total. The number of nitrogens with zero attached hydrogens (tertiary/aromatic N) is 3. The topological polar surface area (TPSA) is 40.1 Å². The molecule has 144 valence electrons. The Balaban J connectivity index is 1.45. The summed E-state index contributed by atoms with van der Waals surface area (Å²) < 4.78 is 5.59. The van der Waals surface area contributed by atoms with Crippen molar-refractivity contribution < 1.29 is 4.74 Å². The molecule has 2 heterocycles. The Kier molecular flexibility index (Phi) is 6.78. The number of hydrogen-bond donors (Lipinski definition) is 1. The van der Waals surface area contributed by atoms with Crippen molar-refractivity contribution in [3.05, 3.63) is 29.3 Å². The molecule has 2 aliphatic rings. The fourth-order valence-electron chi connectivity index (χ4n) is 4.07. The van der Waals surface area contributed by atoms with Gasteiger partial charge in [-0.25, -0.2) is 0 Å². The lowest BCUT2D eigenvalue weighted by Gasteiger charge is -2.24. The zero-order valence-corrected chi connectivity index (χ0v) is 16.6. The number of fused-ring (bicyclic) bond motifs is 1. The summed E-state index contributed by atoms with van der Waals surface area (Å²) in [6.45, 7) is 12.0. The van der Waals surface area contributed by atoms with Crippen molar-refractivity contribution in [1.29, 1.82) is 0 Å². The number of ether oxygens (including phenoxy) is 1. The summed E-state index contributed by atoms with van der Waals surface area (Å²) in [7, 11) is 1.90. The highest BCUT2D eigenvalue weighted by molar-refractivity contribution is 5.80. The molecule has 1 aromatic rings. The number of likely N-dealkylation sites (tertiary alicyclic amines) is 1. The van der Waals surface area contributed by atoms with E-state index in [2.05, 4.69) is 52.2 Å². The highest BCUT2D eigenvalue weighted by atomic mass is 16.5. The summed E-state index contributed by atoms with van der Waals surface area (Å²) in [5, 5.41) is 3.56. The molecular weight excluding hydrogens is 324 g/mol. The predicted octanol–water partition coefficient (Wildman–Crippen LogP) is 2.40. The average Bonchev–Trinajstić information content (AvgIpc) is 3.32. The van der Waals surface area contributed by atoms with E-state index in [1.807, 2.05) is 7.05 Å². The van der Waals surface area contributed by atoms with Crippen LogP contribution in [0.4, 0.5) is 0 Å². The van der Waals surface area contributed by atoms with Gasteiger partial charge >= 0.3 is 0 Å². The predicted molar refractivity (Wildman–Crippen MR) is 108 cm³/mol. The molecule has 26 heavy (non-hydrogen) atoms. The summed E-state index contributed by atoms with van der Waals surface area (Å²) in [6, 6.07) is 6.60. The largest absolute Gasteiger partial charge is 0.493 e. The molecule has 0 amide bonds. The molecule has 0 saturated carbocycles. The first kappa shape index (κ1) is 19.0. The first-order valence-corrected chi connectivity index (χ1v) is 10.2. The molecule has 1 atom stereocenters. The minimum Gasteiger partial charge on any atom is -0.493 e.